The molecule has 4 aromatic carbocycles. The summed E-state index contributed by atoms with van der Waals surface area (Å²) in [6.45, 7) is 9.02. The van der Waals surface area contributed by atoms with E-state index in [-0.39, 0.29) is 11.3 Å². The fourth-order valence-corrected chi connectivity index (χ4v) is 6.64. The van der Waals surface area contributed by atoms with Crippen LogP contribution in [-0.2, 0) is 5.41 Å². The Morgan fingerprint density at radius 1 is 0.725 bits per heavy atom. The summed E-state index contributed by atoms with van der Waals surface area (Å²) < 4.78 is 11.0. The molecule has 204 valence electrons. The number of fused-ring (bicyclic) bond motifs is 1. The molecule has 0 amide bonds. The zero-order chi connectivity index (χ0) is 28.6. The van der Waals surface area contributed by atoms with Crippen molar-refractivity contribution in [1.82, 2.24) is 0 Å². The van der Waals surface area contributed by atoms with Crippen LogP contribution < -0.4 is 9.47 Å². The van der Waals surface area contributed by atoms with E-state index in [1.54, 1.807) is 14.2 Å². The Morgan fingerprint density at radius 3 is 1.85 bits per heavy atom. The van der Waals surface area contributed by atoms with E-state index in [0.717, 1.165) is 33.8 Å². The van der Waals surface area contributed by atoms with Gasteiger partial charge in [0.1, 0.15) is 11.5 Å². The Balaban J connectivity index is 1.87. The van der Waals surface area contributed by atoms with Gasteiger partial charge in [-0.25, -0.2) is 0 Å². The number of benzene rings is 4. The van der Waals surface area contributed by atoms with Crippen molar-refractivity contribution < 1.29 is 9.47 Å². The second-order valence-electron chi connectivity index (χ2n) is 10.9. The number of allylic oxidation sites excluding steroid dienone is 3. The quantitative estimate of drug-likeness (QED) is 0.220. The number of ether oxygens (including phenoxy) is 2. The van der Waals surface area contributed by atoms with Gasteiger partial charge in [-0.15, -0.1) is 0 Å². The van der Waals surface area contributed by atoms with E-state index in [4.69, 9.17) is 32.7 Å². The SMILES string of the molecule is COc1ccc(C2C(C(=C(C)C)C(C)(C)c3ccc(OC)cc3)=C(c3ccccc3)c3ccc(Cl)c(Cl)c32)cc1. The summed E-state index contributed by atoms with van der Waals surface area (Å²) in [6.07, 6.45) is 0. The molecule has 0 fully saturated rings. The van der Waals surface area contributed by atoms with Crippen molar-refractivity contribution in [3.05, 3.63) is 146 Å². The number of methoxy groups -OCH3 is 2. The predicted molar refractivity (Wildman–Crippen MR) is 168 cm³/mol. The van der Waals surface area contributed by atoms with Gasteiger partial charge in [0.25, 0.3) is 0 Å². The van der Waals surface area contributed by atoms with Crippen molar-refractivity contribution in [3.8, 4) is 11.5 Å². The lowest BCUT2D eigenvalue weighted by Gasteiger charge is -2.35. The molecule has 0 radical (unpaired) electrons. The van der Waals surface area contributed by atoms with E-state index in [9.17, 15) is 0 Å². The Bertz CT molecular complexity index is 1590. The predicted octanol–water partition coefficient (Wildman–Crippen LogP) is 10.3. The Morgan fingerprint density at radius 2 is 1.30 bits per heavy atom. The van der Waals surface area contributed by atoms with Crippen molar-refractivity contribution in [2.24, 2.45) is 0 Å². The first kappa shape index (κ1) is 28.1. The van der Waals surface area contributed by atoms with Gasteiger partial charge in [0.05, 0.1) is 24.3 Å². The lowest BCUT2D eigenvalue weighted by molar-refractivity contribution is 0.414. The second-order valence-corrected chi connectivity index (χ2v) is 11.7. The number of hydrogen-bond donors (Lipinski definition) is 0. The van der Waals surface area contributed by atoms with E-state index in [0.29, 0.717) is 10.0 Å². The van der Waals surface area contributed by atoms with Gasteiger partial charge >= 0.3 is 0 Å². The summed E-state index contributed by atoms with van der Waals surface area (Å²) in [6, 6.07) is 31.4. The number of rotatable bonds is 7. The molecule has 1 aliphatic rings. The summed E-state index contributed by atoms with van der Waals surface area (Å²) in [5, 5.41) is 1.15. The summed E-state index contributed by atoms with van der Waals surface area (Å²) in [4.78, 5) is 0. The largest absolute Gasteiger partial charge is 0.497 e. The van der Waals surface area contributed by atoms with E-state index in [1.807, 2.05) is 30.3 Å². The van der Waals surface area contributed by atoms with Crippen molar-refractivity contribution in [2.75, 3.05) is 14.2 Å². The molecule has 0 aromatic heterocycles. The van der Waals surface area contributed by atoms with Crippen LogP contribution in [0.2, 0.25) is 10.0 Å². The lowest BCUT2D eigenvalue weighted by atomic mass is 9.68. The highest BCUT2D eigenvalue weighted by molar-refractivity contribution is 6.43. The maximum Gasteiger partial charge on any atom is 0.118 e. The zero-order valence-electron chi connectivity index (χ0n) is 23.8. The highest BCUT2D eigenvalue weighted by atomic mass is 35.5. The van der Waals surface area contributed by atoms with Crippen molar-refractivity contribution in [1.29, 1.82) is 0 Å². The summed E-state index contributed by atoms with van der Waals surface area (Å²) in [7, 11) is 3.39. The molecule has 1 atom stereocenters. The molecule has 40 heavy (non-hydrogen) atoms. The van der Waals surface area contributed by atoms with Crippen molar-refractivity contribution in [3.63, 3.8) is 0 Å². The van der Waals surface area contributed by atoms with Gasteiger partial charge in [0, 0.05) is 11.3 Å². The van der Waals surface area contributed by atoms with Crippen molar-refractivity contribution >= 4 is 28.8 Å². The minimum Gasteiger partial charge on any atom is -0.497 e. The average Bonchev–Trinajstić information content (AvgIpc) is 3.30. The van der Waals surface area contributed by atoms with Gasteiger partial charge in [0.2, 0.25) is 0 Å². The smallest absolute Gasteiger partial charge is 0.118 e. The molecule has 0 spiro atoms. The van der Waals surface area contributed by atoms with Crippen LogP contribution in [0.15, 0.2) is 108 Å². The molecule has 0 saturated carbocycles. The molecule has 0 heterocycles. The van der Waals surface area contributed by atoms with Gasteiger partial charge < -0.3 is 9.47 Å². The molecule has 2 nitrogen and oxygen atoms in total. The molecule has 4 heteroatoms. The molecule has 1 aliphatic carbocycles. The van der Waals surface area contributed by atoms with E-state index in [2.05, 4.69) is 88.4 Å². The summed E-state index contributed by atoms with van der Waals surface area (Å²) >= 11 is 13.8. The Hall–Kier alpha value is -3.46. The third-order valence-electron chi connectivity index (χ3n) is 7.97. The van der Waals surface area contributed by atoms with E-state index in [1.165, 1.54) is 27.9 Å². The molecule has 5 rings (SSSR count). The third-order valence-corrected chi connectivity index (χ3v) is 8.79. The Labute approximate surface area is 247 Å². The minimum atomic E-state index is -0.330. The van der Waals surface area contributed by atoms with Gasteiger partial charge in [-0.2, -0.15) is 0 Å². The third kappa shape index (κ3) is 4.85. The normalized spacial score (nSPS) is 14.7. The topological polar surface area (TPSA) is 18.5 Å². The fourth-order valence-electron chi connectivity index (χ4n) is 6.20. The van der Waals surface area contributed by atoms with Crippen LogP contribution in [0.5, 0.6) is 11.5 Å². The first-order chi connectivity index (χ1) is 19.2. The molecule has 0 bridgehead atoms. The monoisotopic (exact) mass is 568 g/mol. The van der Waals surface area contributed by atoms with Crippen LogP contribution in [-0.4, -0.2) is 14.2 Å². The van der Waals surface area contributed by atoms with E-state index < -0.39 is 0 Å². The highest BCUT2D eigenvalue weighted by Crippen LogP contribution is 2.57. The zero-order valence-corrected chi connectivity index (χ0v) is 25.3. The molecule has 0 aliphatic heterocycles. The van der Waals surface area contributed by atoms with Crippen LogP contribution in [0.1, 0.15) is 61.4 Å². The molecule has 4 aromatic rings. The summed E-state index contributed by atoms with van der Waals surface area (Å²) in [5.74, 6) is 1.53. The molecule has 0 saturated heterocycles. The van der Waals surface area contributed by atoms with Gasteiger partial charge in [-0.1, -0.05) is 103 Å². The van der Waals surface area contributed by atoms with Gasteiger partial charge in [-0.05, 0) is 88.7 Å². The van der Waals surface area contributed by atoms with Crippen LogP contribution in [0.3, 0.4) is 0 Å². The van der Waals surface area contributed by atoms with Crippen LogP contribution >= 0.6 is 23.2 Å². The van der Waals surface area contributed by atoms with Gasteiger partial charge in [-0.3, -0.25) is 0 Å². The number of halogens is 2. The Kier molecular flexibility index (Phi) is 7.86. The first-order valence-electron chi connectivity index (χ1n) is 13.4. The van der Waals surface area contributed by atoms with Crippen LogP contribution in [0.4, 0.5) is 0 Å². The van der Waals surface area contributed by atoms with Crippen LogP contribution in [0, 0.1) is 0 Å². The first-order valence-corrected chi connectivity index (χ1v) is 14.2. The second kappa shape index (κ2) is 11.2. The van der Waals surface area contributed by atoms with Crippen molar-refractivity contribution in [2.45, 2.75) is 39.0 Å². The minimum absolute atomic E-state index is 0.121. The lowest BCUT2D eigenvalue weighted by Crippen LogP contribution is -2.25. The standard InChI is InChI=1S/C36H34Cl2O2/c1-22(2)34(36(3,4)25-14-18-27(40-6)19-15-25)33-30(23-10-8-7-9-11-23)28-20-21-29(37)35(38)32(28)31(33)24-12-16-26(39-5)17-13-24/h7-21,31H,1-6H3. The average molecular weight is 570 g/mol. The van der Waals surface area contributed by atoms with Crippen LogP contribution in [0.25, 0.3) is 5.57 Å². The molecular weight excluding hydrogens is 535 g/mol. The molecule has 0 N–H and O–H groups in total. The fraction of sp³-hybridized carbons (Fsp3) is 0.222. The molecule has 1 unspecified atom stereocenters. The van der Waals surface area contributed by atoms with Gasteiger partial charge in [0.15, 0.2) is 0 Å². The number of hydrogen-bond acceptors (Lipinski definition) is 2. The van der Waals surface area contributed by atoms with E-state index >= 15 is 0 Å². The highest BCUT2D eigenvalue weighted by Gasteiger charge is 2.42. The summed E-state index contributed by atoms with van der Waals surface area (Å²) in [5.41, 5.74) is 10.3. The maximum atomic E-state index is 7.10. The molecular formula is C36H34Cl2O2. The maximum absolute atomic E-state index is 7.10.